The fourth-order valence-corrected chi connectivity index (χ4v) is 1.60. The van der Waals surface area contributed by atoms with E-state index in [0.29, 0.717) is 5.75 Å². The van der Waals surface area contributed by atoms with Gasteiger partial charge < -0.3 is 14.9 Å². The molecule has 1 atom stereocenters. The normalized spacial score (nSPS) is 14.1. The Morgan fingerprint density at radius 3 is 2.61 bits per heavy atom. The van der Waals surface area contributed by atoms with Gasteiger partial charge in [-0.15, -0.1) is 0 Å². The molecule has 0 amide bonds. The highest BCUT2D eigenvalue weighted by Gasteiger charge is 2.31. The minimum Gasteiger partial charge on any atom is -0.489 e. The van der Waals surface area contributed by atoms with E-state index in [-0.39, 0.29) is 6.61 Å². The van der Waals surface area contributed by atoms with E-state index in [1.54, 1.807) is 6.07 Å². The summed E-state index contributed by atoms with van der Waals surface area (Å²) in [5.74, 6) is -0.739. The lowest BCUT2D eigenvalue weighted by atomic mass is 10.1. The number of aliphatic carboxylic acids is 1. The number of benzene rings is 2. The highest BCUT2D eigenvalue weighted by atomic mass is 16.5. The zero-order chi connectivity index (χ0) is 13.2. The van der Waals surface area contributed by atoms with E-state index >= 15 is 0 Å². The number of aliphatic hydroxyl groups is 1. The molecule has 0 fully saturated rings. The summed E-state index contributed by atoms with van der Waals surface area (Å²) in [6.45, 7) is 0.913. The van der Waals surface area contributed by atoms with E-state index in [2.05, 4.69) is 0 Å². The molecule has 0 aliphatic carbocycles. The molecule has 0 saturated heterocycles. The van der Waals surface area contributed by atoms with Crippen LogP contribution in [0.25, 0.3) is 10.8 Å². The molecule has 0 heterocycles. The van der Waals surface area contributed by atoms with Crippen molar-refractivity contribution in [2.75, 3.05) is 6.61 Å². The van der Waals surface area contributed by atoms with E-state index in [1.165, 1.54) is 6.92 Å². The Morgan fingerprint density at radius 2 is 1.89 bits per heavy atom. The first kappa shape index (κ1) is 12.4. The molecule has 0 spiro atoms. The number of carbonyl (C=O) groups is 1. The Labute approximate surface area is 104 Å². The quantitative estimate of drug-likeness (QED) is 0.866. The zero-order valence-electron chi connectivity index (χ0n) is 9.96. The van der Waals surface area contributed by atoms with Crippen LogP contribution < -0.4 is 4.74 Å². The second kappa shape index (κ2) is 4.66. The average Bonchev–Trinajstić information content (AvgIpc) is 2.36. The molecule has 0 aliphatic rings. The molecule has 1 unspecified atom stereocenters. The molecule has 2 N–H and O–H groups in total. The molecule has 0 aromatic heterocycles. The molecular formula is C14H14O4. The molecule has 2 aromatic rings. The molecule has 0 radical (unpaired) electrons. The van der Waals surface area contributed by atoms with Gasteiger partial charge in [-0.3, -0.25) is 0 Å². The molecule has 0 bridgehead atoms. The van der Waals surface area contributed by atoms with Crippen molar-refractivity contribution in [3.8, 4) is 5.75 Å². The van der Waals surface area contributed by atoms with Gasteiger partial charge in [0.15, 0.2) is 5.60 Å². The van der Waals surface area contributed by atoms with E-state index in [4.69, 9.17) is 9.84 Å². The van der Waals surface area contributed by atoms with Crippen molar-refractivity contribution < 1.29 is 19.7 Å². The maximum Gasteiger partial charge on any atom is 0.339 e. The number of carboxylic acids is 1. The maximum absolute atomic E-state index is 10.8. The Balaban J connectivity index is 2.25. The number of ether oxygens (including phenoxy) is 1. The molecule has 0 aliphatic heterocycles. The molecule has 0 saturated carbocycles. The van der Waals surface area contributed by atoms with Gasteiger partial charge in [-0.05, 0) is 18.4 Å². The summed E-state index contributed by atoms with van der Waals surface area (Å²) >= 11 is 0. The monoisotopic (exact) mass is 246 g/mol. The minimum atomic E-state index is -1.89. The van der Waals surface area contributed by atoms with Gasteiger partial charge in [0, 0.05) is 5.39 Å². The van der Waals surface area contributed by atoms with Gasteiger partial charge in [0.1, 0.15) is 12.4 Å². The van der Waals surface area contributed by atoms with E-state index in [1.807, 2.05) is 36.4 Å². The fraction of sp³-hybridized carbons (Fsp3) is 0.214. The predicted octanol–water partition coefficient (Wildman–Crippen LogP) is 2.05. The van der Waals surface area contributed by atoms with E-state index in [0.717, 1.165) is 10.8 Å². The second-order valence-electron chi connectivity index (χ2n) is 4.34. The first-order chi connectivity index (χ1) is 8.50. The summed E-state index contributed by atoms with van der Waals surface area (Å²) in [5, 5.41) is 20.3. The number of carboxylic acid groups (broad SMARTS) is 1. The molecular weight excluding hydrogens is 232 g/mol. The van der Waals surface area contributed by atoms with E-state index in [9.17, 15) is 9.90 Å². The minimum absolute atomic E-state index is 0.295. The SMILES string of the molecule is CC(O)(COc1cccc2ccccc12)C(=O)O. The van der Waals surface area contributed by atoms with Crippen LogP contribution in [0.4, 0.5) is 0 Å². The van der Waals surface area contributed by atoms with Crippen LogP contribution in [0, 0.1) is 0 Å². The summed E-state index contributed by atoms with van der Waals surface area (Å²) in [6.07, 6.45) is 0. The Morgan fingerprint density at radius 1 is 1.22 bits per heavy atom. The summed E-state index contributed by atoms with van der Waals surface area (Å²) in [4.78, 5) is 10.8. The van der Waals surface area contributed by atoms with Gasteiger partial charge in [0.25, 0.3) is 0 Å². The topological polar surface area (TPSA) is 66.8 Å². The van der Waals surface area contributed by atoms with Crippen LogP contribution in [0.1, 0.15) is 6.92 Å². The van der Waals surface area contributed by atoms with E-state index < -0.39 is 11.6 Å². The molecule has 94 valence electrons. The fourth-order valence-electron chi connectivity index (χ4n) is 1.60. The lowest BCUT2D eigenvalue weighted by molar-refractivity contribution is -0.159. The third-order valence-corrected chi connectivity index (χ3v) is 2.72. The first-order valence-electron chi connectivity index (χ1n) is 5.57. The van der Waals surface area contributed by atoms with Crippen LogP contribution in [0.5, 0.6) is 5.75 Å². The first-order valence-corrected chi connectivity index (χ1v) is 5.57. The van der Waals surface area contributed by atoms with Crippen LogP contribution >= 0.6 is 0 Å². The third kappa shape index (κ3) is 2.43. The van der Waals surface area contributed by atoms with Crippen molar-refractivity contribution in [2.45, 2.75) is 12.5 Å². The van der Waals surface area contributed by atoms with Gasteiger partial charge in [0.2, 0.25) is 0 Å². The zero-order valence-corrected chi connectivity index (χ0v) is 9.96. The lowest BCUT2D eigenvalue weighted by Gasteiger charge is -2.19. The summed E-state index contributed by atoms with van der Waals surface area (Å²) in [6, 6.07) is 13.1. The van der Waals surface area contributed by atoms with Gasteiger partial charge in [-0.2, -0.15) is 0 Å². The molecule has 4 nitrogen and oxygen atoms in total. The number of fused-ring (bicyclic) bond motifs is 1. The largest absolute Gasteiger partial charge is 0.489 e. The summed E-state index contributed by atoms with van der Waals surface area (Å²) in [5.41, 5.74) is -1.89. The van der Waals surface area contributed by atoms with Crippen LogP contribution in [0.2, 0.25) is 0 Å². The van der Waals surface area contributed by atoms with Crippen molar-refractivity contribution in [1.29, 1.82) is 0 Å². The molecule has 2 aromatic carbocycles. The molecule has 18 heavy (non-hydrogen) atoms. The summed E-state index contributed by atoms with van der Waals surface area (Å²) in [7, 11) is 0. The van der Waals surface area contributed by atoms with Crippen molar-refractivity contribution in [3.63, 3.8) is 0 Å². The van der Waals surface area contributed by atoms with Crippen LogP contribution in [0.3, 0.4) is 0 Å². The maximum atomic E-state index is 10.8. The molecule has 2 rings (SSSR count). The smallest absolute Gasteiger partial charge is 0.339 e. The van der Waals surface area contributed by atoms with Gasteiger partial charge in [0.05, 0.1) is 0 Å². The highest BCUT2D eigenvalue weighted by molar-refractivity contribution is 5.88. The Kier molecular flexibility index (Phi) is 3.21. The molecule has 4 heteroatoms. The number of hydrogen-bond donors (Lipinski definition) is 2. The highest BCUT2D eigenvalue weighted by Crippen LogP contribution is 2.25. The Bertz CT molecular complexity index is 570. The number of hydrogen-bond acceptors (Lipinski definition) is 3. The number of rotatable bonds is 4. The van der Waals surface area contributed by atoms with Crippen LogP contribution in [-0.2, 0) is 4.79 Å². The predicted molar refractivity (Wildman–Crippen MR) is 67.7 cm³/mol. The van der Waals surface area contributed by atoms with Gasteiger partial charge in [-0.1, -0.05) is 36.4 Å². The van der Waals surface area contributed by atoms with Crippen molar-refractivity contribution in [2.24, 2.45) is 0 Å². The van der Waals surface area contributed by atoms with Crippen LogP contribution in [0.15, 0.2) is 42.5 Å². The van der Waals surface area contributed by atoms with Gasteiger partial charge in [-0.25, -0.2) is 4.79 Å². The standard InChI is InChI=1S/C14H14O4/c1-14(17,13(15)16)9-18-12-8-4-6-10-5-2-3-7-11(10)12/h2-8,17H,9H2,1H3,(H,15,16). The Hall–Kier alpha value is -2.07. The third-order valence-electron chi connectivity index (χ3n) is 2.72. The van der Waals surface area contributed by atoms with Crippen molar-refractivity contribution in [1.82, 2.24) is 0 Å². The average molecular weight is 246 g/mol. The van der Waals surface area contributed by atoms with Crippen LogP contribution in [-0.4, -0.2) is 28.4 Å². The van der Waals surface area contributed by atoms with Crippen molar-refractivity contribution >= 4 is 16.7 Å². The summed E-state index contributed by atoms with van der Waals surface area (Å²) < 4.78 is 5.41. The second-order valence-corrected chi connectivity index (χ2v) is 4.34. The lowest BCUT2D eigenvalue weighted by Crippen LogP contribution is -2.41. The van der Waals surface area contributed by atoms with Crippen molar-refractivity contribution in [3.05, 3.63) is 42.5 Å². The van der Waals surface area contributed by atoms with Gasteiger partial charge >= 0.3 is 5.97 Å².